The highest BCUT2D eigenvalue weighted by molar-refractivity contribution is 5.47. The lowest BCUT2D eigenvalue weighted by atomic mass is 10.1. The van der Waals surface area contributed by atoms with Crippen molar-refractivity contribution < 1.29 is 0 Å². The third kappa shape index (κ3) is 2.79. The minimum atomic E-state index is 0.587. The third-order valence-electron chi connectivity index (χ3n) is 3.75. The molecule has 94 valence electrons. The fourth-order valence-corrected chi connectivity index (χ4v) is 2.56. The zero-order valence-electron chi connectivity index (χ0n) is 11.1. The molecule has 0 bridgehead atoms. The van der Waals surface area contributed by atoms with E-state index >= 15 is 0 Å². The van der Waals surface area contributed by atoms with Crippen LogP contribution in [0, 0.1) is 0 Å². The zero-order valence-corrected chi connectivity index (χ0v) is 11.1. The fraction of sp³-hybridized carbons (Fsp3) is 0.571. The van der Waals surface area contributed by atoms with Crippen molar-refractivity contribution in [3.05, 3.63) is 30.3 Å². The molecule has 1 aromatic carbocycles. The summed E-state index contributed by atoms with van der Waals surface area (Å²) in [5.41, 5.74) is 1.34. The van der Waals surface area contributed by atoms with Crippen molar-refractivity contribution in [1.29, 1.82) is 0 Å². The summed E-state index contributed by atoms with van der Waals surface area (Å²) < 4.78 is 0. The lowest BCUT2D eigenvalue weighted by molar-refractivity contribution is 0.157. The molecule has 1 aliphatic rings. The van der Waals surface area contributed by atoms with Gasteiger partial charge in [-0.1, -0.05) is 18.2 Å². The van der Waals surface area contributed by atoms with Crippen LogP contribution in [0.15, 0.2) is 30.3 Å². The molecular formula is C14H23N3. The van der Waals surface area contributed by atoms with Gasteiger partial charge in [-0.2, -0.15) is 0 Å². The Kier molecular flexibility index (Phi) is 4.02. The second-order valence-corrected chi connectivity index (χ2v) is 4.97. The van der Waals surface area contributed by atoms with Gasteiger partial charge in [0.15, 0.2) is 0 Å². The number of nitrogens with zero attached hydrogens (tertiary/aromatic N) is 2. The first-order chi connectivity index (χ1) is 8.22. The number of benzene rings is 1. The van der Waals surface area contributed by atoms with Gasteiger partial charge in [0.05, 0.1) is 0 Å². The largest absolute Gasteiger partial charge is 0.368 e. The van der Waals surface area contributed by atoms with Gasteiger partial charge in [-0.05, 0) is 33.2 Å². The average molecular weight is 233 g/mol. The van der Waals surface area contributed by atoms with E-state index in [1.54, 1.807) is 0 Å². The maximum Gasteiger partial charge on any atom is 0.0396 e. The summed E-state index contributed by atoms with van der Waals surface area (Å²) in [6, 6.07) is 11.9. The standard InChI is InChI=1S/C14H23N3/c1-12-10-17(13-7-5-4-6-8-13)11-14(9-15-2)16(12)3/h4-8,12,14-15H,9-11H2,1-3H3. The van der Waals surface area contributed by atoms with Crippen LogP contribution in [-0.2, 0) is 0 Å². The van der Waals surface area contributed by atoms with Crippen LogP contribution in [0.2, 0.25) is 0 Å². The van der Waals surface area contributed by atoms with Gasteiger partial charge in [-0.15, -0.1) is 0 Å². The van der Waals surface area contributed by atoms with E-state index in [4.69, 9.17) is 0 Å². The Hall–Kier alpha value is -1.06. The van der Waals surface area contributed by atoms with Crippen LogP contribution in [0.5, 0.6) is 0 Å². The second-order valence-electron chi connectivity index (χ2n) is 4.97. The summed E-state index contributed by atoms with van der Waals surface area (Å²) in [5.74, 6) is 0. The first-order valence-electron chi connectivity index (χ1n) is 6.39. The van der Waals surface area contributed by atoms with Crippen molar-refractivity contribution in [2.75, 3.05) is 38.6 Å². The average Bonchev–Trinajstić information content (AvgIpc) is 2.36. The third-order valence-corrected chi connectivity index (χ3v) is 3.75. The summed E-state index contributed by atoms with van der Waals surface area (Å²) in [6.45, 7) is 5.56. The zero-order chi connectivity index (χ0) is 12.3. The second kappa shape index (κ2) is 5.52. The number of likely N-dealkylation sites (N-methyl/N-ethyl adjacent to an activating group) is 2. The number of piperazine rings is 1. The number of para-hydroxylation sites is 1. The molecule has 1 fully saturated rings. The van der Waals surface area contributed by atoms with Gasteiger partial charge in [0.1, 0.15) is 0 Å². The molecule has 3 nitrogen and oxygen atoms in total. The highest BCUT2D eigenvalue weighted by Gasteiger charge is 2.28. The van der Waals surface area contributed by atoms with Gasteiger partial charge in [-0.25, -0.2) is 0 Å². The molecule has 17 heavy (non-hydrogen) atoms. The molecule has 2 unspecified atom stereocenters. The van der Waals surface area contributed by atoms with Crippen LogP contribution in [0.3, 0.4) is 0 Å². The fourth-order valence-electron chi connectivity index (χ4n) is 2.56. The van der Waals surface area contributed by atoms with Gasteiger partial charge in [-0.3, -0.25) is 4.90 Å². The Morgan fingerprint density at radius 1 is 1.24 bits per heavy atom. The maximum atomic E-state index is 3.29. The van der Waals surface area contributed by atoms with Crippen molar-refractivity contribution in [2.45, 2.75) is 19.0 Å². The SMILES string of the molecule is CNCC1CN(c2ccccc2)CC(C)N1C. The van der Waals surface area contributed by atoms with E-state index in [9.17, 15) is 0 Å². The molecule has 1 heterocycles. The summed E-state index contributed by atoms with van der Waals surface area (Å²) >= 11 is 0. The number of hydrogen-bond acceptors (Lipinski definition) is 3. The molecule has 3 heteroatoms. The van der Waals surface area contributed by atoms with E-state index < -0.39 is 0 Å². The smallest absolute Gasteiger partial charge is 0.0396 e. The molecule has 2 rings (SSSR count). The van der Waals surface area contributed by atoms with Gasteiger partial charge in [0, 0.05) is 37.4 Å². The highest BCUT2D eigenvalue weighted by atomic mass is 15.3. The monoisotopic (exact) mass is 233 g/mol. The Bertz CT molecular complexity index is 339. The van der Waals surface area contributed by atoms with E-state index in [-0.39, 0.29) is 0 Å². The minimum absolute atomic E-state index is 0.587. The molecule has 1 aliphatic heterocycles. The Morgan fingerprint density at radius 2 is 1.94 bits per heavy atom. The predicted molar refractivity (Wildman–Crippen MR) is 73.6 cm³/mol. The minimum Gasteiger partial charge on any atom is -0.368 e. The summed E-state index contributed by atoms with van der Waals surface area (Å²) in [6.07, 6.45) is 0. The summed E-state index contributed by atoms with van der Waals surface area (Å²) in [7, 11) is 4.26. The molecule has 0 saturated carbocycles. The number of anilines is 1. The van der Waals surface area contributed by atoms with Crippen molar-refractivity contribution in [2.24, 2.45) is 0 Å². The topological polar surface area (TPSA) is 18.5 Å². The van der Waals surface area contributed by atoms with Crippen LogP contribution in [0.25, 0.3) is 0 Å². The lowest BCUT2D eigenvalue weighted by Crippen LogP contribution is -2.58. The van der Waals surface area contributed by atoms with Crippen molar-refractivity contribution in [1.82, 2.24) is 10.2 Å². The van der Waals surface area contributed by atoms with Crippen LogP contribution in [0.4, 0.5) is 5.69 Å². The Balaban J connectivity index is 2.10. The molecular weight excluding hydrogens is 210 g/mol. The van der Waals surface area contributed by atoms with E-state index in [2.05, 4.69) is 59.4 Å². The highest BCUT2D eigenvalue weighted by Crippen LogP contribution is 2.20. The van der Waals surface area contributed by atoms with Crippen LogP contribution in [0.1, 0.15) is 6.92 Å². The van der Waals surface area contributed by atoms with Crippen molar-refractivity contribution in [3.63, 3.8) is 0 Å². The molecule has 0 aliphatic carbocycles. The molecule has 0 spiro atoms. The molecule has 0 aromatic heterocycles. The Morgan fingerprint density at radius 3 is 2.59 bits per heavy atom. The van der Waals surface area contributed by atoms with Gasteiger partial charge in [0.25, 0.3) is 0 Å². The van der Waals surface area contributed by atoms with Gasteiger partial charge >= 0.3 is 0 Å². The van der Waals surface area contributed by atoms with Gasteiger partial charge in [0.2, 0.25) is 0 Å². The molecule has 1 aromatic rings. The van der Waals surface area contributed by atoms with Crippen molar-refractivity contribution >= 4 is 5.69 Å². The molecule has 0 radical (unpaired) electrons. The van der Waals surface area contributed by atoms with E-state index in [0.717, 1.165) is 19.6 Å². The Labute approximate surface area is 104 Å². The quantitative estimate of drug-likeness (QED) is 0.852. The van der Waals surface area contributed by atoms with Crippen LogP contribution >= 0.6 is 0 Å². The number of nitrogens with one attached hydrogen (secondary N) is 1. The van der Waals surface area contributed by atoms with Crippen LogP contribution in [-0.4, -0.2) is 50.7 Å². The van der Waals surface area contributed by atoms with E-state index in [0.29, 0.717) is 12.1 Å². The predicted octanol–water partition coefficient (Wildman–Crippen LogP) is 1.41. The normalized spacial score (nSPS) is 26.2. The van der Waals surface area contributed by atoms with E-state index in [1.807, 2.05) is 7.05 Å². The maximum absolute atomic E-state index is 3.29. The first kappa shape index (κ1) is 12.4. The van der Waals surface area contributed by atoms with Crippen molar-refractivity contribution in [3.8, 4) is 0 Å². The van der Waals surface area contributed by atoms with Gasteiger partial charge < -0.3 is 10.2 Å². The van der Waals surface area contributed by atoms with Crippen LogP contribution < -0.4 is 10.2 Å². The number of hydrogen-bond donors (Lipinski definition) is 1. The molecule has 0 amide bonds. The molecule has 1 saturated heterocycles. The summed E-state index contributed by atoms with van der Waals surface area (Å²) in [4.78, 5) is 4.97. The first-order valence-corrected chi connectivity index (χ1v) is 6.39. The van der Waals surface area contributed by atoms with E-state index in [1.165, 1.54) is 5.69 Å². The molecule has 1 N–H and O–H groups in total. The summed E-state index contributed by atoms with van der Waals surface area (Å²) in [5, 5.41) is 3.29. The molecule has 2 atom stereocenters. The lowest BCUT2D eigenvalue weighted by Gasteiger charge is -2.44. The number of rotatable bonds is 3.